The van der Waals surface area contributed by atoms with E-state index in [2.05, 4.69) is 5.32 Å². The Morgan fingerprint density at radius 2 is 2.04 bits per heavy atom. The zero-order valence-electron chi connectivity index (χ0n) is 15.2. The van der Waals surface area contributed by atoms with Crippen molar-refractivity contribution in [3.05, 3.63) is 39.7 Å². The van der Waals surface area contributed by atoms with Crippen LogP contribution in [0.3, 0.4) is 0 Å². The Bertz CT molecular complexity index is 893. The van der Waals surface area contributed by atoms with Crippen LogP contribution in [0.5, 0.6) is 5.75 Å². The Morgan fingerprint density at radius 3 is 2.73 bits per heavy atom. The van der Waals surface area contributed by atoms with Gasteiger partial charge in [0.05, 0.1) is 7.11 Å². The van der Waals surface area contributed by atoms with Crippen LogP contribution in [-0.4, -0.2) is 44.1 Å². The van der Waals surface area contributed by atoms with Crippen LogP contribution in [0, 0.1) is 18.8 Å². The molecule has 1 amide bonds. The van der Waals surface area contributed by atoms with Gasteiger partial charge in [-0.1, -0.05) is 0 Å². The summed E-state index contributed by atoms with van der Waals surface area (Å²) in [6, 6.07) is 5.46. The third kappa shape index (κ3) is 2.98. The third-order valence-electron chi connectivity index (χ3n) is 5.83. The molecule has 0 radical (unpaired) electrons. The van der Waals surface area contributed by atoms with Gasteiger partial charge in [0.15, 0.2) is 0 Å². The molecule has 6 heteroatoms. The van der Waals surface area contributed by atoms with Gasteiger partial charge >= 0.3 is 5.63 Å². The highest BCUT2D eigenvalue weighted by Gasteiger charge is 2.37. The van der Waals surface area contributed by atoms with Crippen molar-refractivity contribution in [1.82, 2.24) is 10.2 Å². The number of carbonyl (C=O) groups is 1. The maximum Gasteiger partial charge on any atom is 0.339 e. The first-order valence-electron chi connectivity index (χ1n) is 9.15. The topological polar surface area (TPSA) is 71.8 Å². The van der Waals surface area contributed by atoms with Gasteiger partial charge in [-0.05, 0) is 42.9 Å². The molecule has 0 saturated carbocycles. The molecule has 26 heavy (non-hydrogen) atoms. The summed E-state index contributed by atoms with van der Waals surface area (Å²) in [5.41, 5.74) is 1.63. The highest BCUT2D eigenvalue weighted by Crippen LogP contribution is 2.27. The predicted molar refractivity (Wildman–Crippen MR) is 98.5 cm³/mol. The molecule has 2 aliphatic rings. The van der Waals surface area contributed by atoms with Crippen molar-refractivity contribution in [3.8, 4) is 5.75 Å². The first-order valence-corrected chi connectivity index (χ1v) is 9.15. The van der Waals surface area contributed by atoms with Crippen molar-refractivity contribution in [2.24, 2.45) is 11.8 Å². The lowest BCUT2D eigenvalue weighted by Crippen LogP contribution is -2.32. The van der Waals surface area contributed by atoms with Gasteiger partial charge in [-0.15, -0.1) is 0 Å². The third-order valence-corrected chi connectivity index (χ3v) is 5.83. The number of fused-ring (bicyclic) bond motifs is 2. The predicted octanol–water partition coefficient (Wildman–Crippen LogP) is 1.72. The maximum absolute atomic E-state index is 12.6. The van der Waals surface area contributed by atoms with Crippen LogP contribution in [0.1, 0.15) is 17.5 Å². The van der Waals surface area contributed by atoms with Crippen molar-refractivity contribution in [2.75, 3.05) is 33.3 Å². The van der Waals surface area contributed by atoms with E-state index < -0.39 is 0 Å². The summed E-state index contributed by atoms with van der Waals surface area (Å²) in [6.07, 6.45) is 0.763. The van der Waals surface area contributed by atoms with E-state index in [1.54, 1.807) is 13.2 Å². The van der Waals surface area contributed by atoms with E-state index in [1.807, 2.05) is 24.0 Å². The quantitative estimate of drug-likeness (QED) is 0.845. The molecule has 1 aromatic carbocycles. The number of rotatable bonds is 4. The van der Waals surface area contributed by atoms with Gasteiger partial charge in [0.2, 0.25) is 5.91 Å². The Labute approximate surface area is 152 Å². The van der Waals surface area contributed by atoms with E-state index in [9.17, 15) is 9.59 Å². The number of nitrogens with zero attached hydrogens (tertiary/aromatic N) is 1. The molecule has 0 bridgehead atoms. The van der Waals surface area contributed by atoms with E-state index in [4.69, 9.17) is 9.15 Å². The average molecular weight is 356 g/mol. The van der Waals surface area contributed by atoms with Gasteiger partial charge in [-0.2, -0.15) is 0 Å². The number of hydrogen-bond donors (Lipinski definition) is 1. The summed E-state index contributed by atoms with van der Waals surface area (Å²) < 4.78 is 10.6. The molecule has 138 valence electrons. The zero-order valence-corrected chi connectivity index (χ0v) is 15.2. The fraction of sp³-hybridized carbons (Fsp3) is 0.500. The number of methoxy groups -OCH3 is 1. The zero-order chi connectivity index (χ0) is 18.3. The summed E-state index contributed by atoms with van der Waals surface area (Å²) in [7, 11) is 1.58. The van der Waals surface area contributed by atoms with Crippen LogP contribution >= 0.6 is 0 Å². The minimum atomic E-state index is -0.362. The molecule has 2 saturated heterocycles. The normalized spacial score (nSPS) is 22.0. The summed E-state index contributed by atoms with van der Waals surface area (Å²) in [6.45, 7) is 5.59. The van der Waals surface area contributed by atoms with Crippen molar-refractivity contribution in [2.45, 2.75) is 19.8 Å². The second-order valence-corrected chi connectivity index (χ2v) is 7.33. The fourth-order valence-corrected chi connectivity index (χ4v) is 4.24. The molecule has 0 unspecified atom stereocenters. The number of likely N-dealkylation sites (tertiary alicyclic amines) is 1. The summed E-state index contributed by atoms with van der Waals surface area (Å²) in [4.78, 5) is 26.9. The average Bonchev–Trinajstić information content (AvgIpc) is 3.22. The number of ether oxygens (including phenoxy) is 1. The summed E-state index contributed by atoms with van der Waals surface area (Å²) in [5, 5.41) is 4.26. The Kier molecular flexibility index (Phi) is 4.44. The number of nitrogens with one attached hydrogen (secondary N) is 1. The van der Waals surface area contributed by atoms with Crippen LogP contribution in [-0.2, 0) is 11.2 Å². The molecule has 6 nitrogen and oxygen atoms in total. The molecule has 0 aliphatic carbocycles. The van der Waals surface area contributed by atoms with Crippen molar-refractivity contribution >= 4 is 16.9 Å². The van der Waals surface area contributed by atoms with E-state index >= 15 is 0 Å². The molecule has 2 fully saturated rings. The molecule has 2 atom stereocenters. The van der Waals surface area contributed by atoms with Gasteiger partial charge in [0.25, 0.3) is 0 Å². The Balaban J connectivity index is 1.50. The smallest absolute Gasteiger partial charge is 0.339 e. The molecule has 0 spiro atoms. The second-order valence-electron chi connectivity index (χ2n) is 7.33. The largest absolute Gasteiger partial charge is 0.497 e. The van der Waals surface area contributed by atoms with Crippen LogP contribution in [0.2, 0.25) is 0 Å². The van der Waals surface area contributed by atoms with Gasteiger partial charge in [0, 0.05) is 49.6 Å². The first kappa shape index (κ1) is 17.1. The van der Waals surface area contributed by atoms with E-state index in [-0.39, 0.29) is 11.5 Å². The lowest BCUT2D eigenvalue weighted by Gasteiger charge is -2.17. The number of hydrogen-bond acceptors (Lipinski definition) is 5. The minimum Gasteiger partial charge on any atom is -0.497 e. The second kappa shape index (κ2) is 6.76. The van der Waals surface area contributed by atoms with Crippen LogP contribution in [0.25, 0.3) is 11.0 Å². The van der Waals surface area contributed by atoms with Crippen molar-refractivity contribution in [3.63, 3.8) is 0 Å². The highest BCUT2D eigenvalue weighted by molar-refractivity contribution is 5.83. The van der Waals surface area contributed by atoms with Gasteiger partial charge in [-0.25, -0.2) is 4.79 Å². The van der Waals surface area contributed by atoms with Crippen LogP contribution in [0.4, 0.5) is 0 Å². The highest BCUT2D eigenvalue weighted by atomic mass is 16.5. The molecule has 1 N–H and O–H groups in total. The summed E-state index contributed by atoms with van der Waals surface area (Å²) >= 11 is 0. The first-order chi connectivity index (χ1) is 12.6. The number of benzene rings is 1. The Hall–Kier alpha value is -2.34. The molecule has 2 aliphatic heterocycles. The number of carbonyl (C=O) groups excluding carboxylic acids is 1. The van der Waals surface area contributed by atoms with Crippen molar-refractivity contribution < 1.29 is 13.9 Å². The molecule has 3 heterocycles. The van der Waals surface area contributed by atoms with Gasteiger partial charge in [-0.3, -0.25) is 4.79 Å². The number of amides is 1. The lowest BCUT2D eigenvalue weighted by molar-refractivity contribution is -0.130. The van der Waals surface area contributed by atoms with E-state index in [0.29, 0.717) is 41.6 Å². The molecule has 4 rings (SSSR count). The Morgan fingerprint density at radius 1 is 1.31 bits per heavy atom. The van der Waals surface area contributed by atoms with Gasteiger partial charge in [0.1, 0.15) is 11.3 Å². The van der Waals surface area contributed by atoms with Crippen LogP contribution < -0.4 is 15.7 Å². The number of aryl methyl sites for hydroxylation is 1. The summed E-state index contributed by atoms with van der Waals surface area (Å²) in [5.74, 6) is 1.95. The maximum atomic E-state index is 12.6. The van der Waals surface area contributed by atoms with Gasteiger partial charge < -0.3 is 19.4 Å². The monoisotopic (exact) mass is 356 g/mol. The van der Waals surface area contributed by atoms with E-state index in [1.165, 1.54) is 0 Å². The molecule has 1 aromatic heterocycles. The minimum absolute atomic E-state index is 0.132. The fourth-order valence-electron chi connectivity index (χ4n) is 4.24. The molecular weight excluding hydrogens is 332 g/mol. The standard InChI is InChI=1S/C20H24N2O4/c1-12-16-4-3-15(25-2)7-18(16)26-20(24)17(12)5-6-19(23)22-10-13-8-21-9-14(13)11-22/h3-4,7,13-14,21H,5-6,8-11H2,1-2H3/t13-,14+. The molecule has 2 aromatic rings. The van der Waals surface area contributed by atoms with Crippen LogP contribution in [0.15, 0.2) is 27.4 Å². The van der Waals surface area contributed by atoms with E-state index in [0.717, 1.165) is 37.1 Å². The lowest BCUT2D eigenvalue weighted by atomic mass is 10.0. The SMILES string of the molecule is COc1ccc2c(C)c(CCC(=O)N3C[C@H]4CNC[C@H]4C3)c(=O)oc2c1. The molecular formula is C20H24N2O4. The van der Waals surface area contributed by atoms with Crippen molar-refractivity contribution in [1.29, 1.82) is 0 Å².